The Morgan fingerprint density at radius 2 is 2.13 bits per heavy atom. The Morgan fingerprint density at radius 1 is 1.35 bits per heavy atom. The number of aliphatic imine (C=N–C) groups is 1. The van der Waals surface area contributed by atoms with Gasteiger partial charge >= 0.3 is 0 Å². The van der Waals surface area contributed by atoms with Gasteiger partial charge in [-0.05, 0) is 40.0 Å². The molecule has 1 fully saturated rings. The Bertz CT molecular complexity index is 529. The van der Waals surface area contributed by atoms with Crippen LogP contribution in [0.3, 0.4) is 0 Å². The van der Waals surface area contributed by atoms with E-state index in [4.69, 9.17) is 4.42 Å². The van der Waals surface area contributed by atoms with Crippen molar-refractivity contribution < 1.29 is 9.21 Å². The van der Waals surface area contributed by atoms with Gasteiger partial charge in [0.1, 0.15) is 12.3 Å². The summed E-state index contributed by atoms with van der Waals surface area (Å²) in [5, 5.41) is 9.39. The summed E-state index contributed by atoms with van der Waals surface area (Å²) in [6.07, 6.45) is 3.57. The number of aromatic nitrogens is 1. The molecule has 1 saturated carbocycles. The predicted octanol–water partition coefficient (Wildman–Crippen LogP) is 1.41. The highest BCUT2D eigenvalue weighted by atomic mass is 16.4. The van der Waals surface area contributed by atoms with Gasteiger partial charge in [0.25, 0.3) is 0 Å². The van der Waals surface area contributed by atoms with Crippen LogP contribution in [0.15, 0.2) is 9.41 Å². The molecule has 7 heteroatoms. The van der Waals surface area contributed by atoms with Crippen molar-refractivity contribution in [3.63, 3.8) is 0 Å². The largest absolute Gasteiger partial charge is 0.444 e. The zero-order valence-electron chi connectivity index (χ0n) is 14.2. The second-order valence-electron chi connectivity index (χ2n) is 5.82. The zero-order chi connectivity index (χ0) is 16.7. The van der Waals surface area contributed by atoms with Crippen molar-refractivity contribution >= 4 is 11.9 Å². The highest BCUT2D eigenvalue weighted by Crippen LogP contribution is 2.18. The molecule has 0 aromatic carbocycles. The normalized spacial score (nSPS) is 14.7. The highest BCUT2D eigenvalue weighted by Gasteiger charge is 2.22. The average molecular weight is 321 g/mol. The summed E-state index contributed by atoms with van der Waals surface area (Å²) in [4.78, 5) is 20.4. The first-order valence-corrected chi connectivity index (χ1v) is 8.33. The number of nitrogens with zero attached hydrogens (tertiary/aromatic N) is 2. The average Bonchev–Trinajstić information content (AvgIpc) is 3.26. The zero-order valence-corrected chi connectivity index (χ0v) is 14.2. The molecule has 1 aliphatic rings. The van der Waals surface area contributed by atoms with Gasteiger partial charge in [0.05, 0.1) is 5.69 Å². The molecule has 0 atom stereocenters. The summed E-state index contributed by atoms with van der Waals surface area (Å²) < 4.78 is 5.52. The summed E-state index contributed by atoms with van der Waals surface area (Å²) >= 11 is 0. The molecule has 7 nitrogen and oxygen atoms in total. The molecule has 1 aromatic rings. The summed E-state index contributed by atoms with van der Waals surface area (Å²) in [5.74, 6) is 2.29. The summed E-state index contributed by atoms with van der Waals surface area (Å²) in [6, 6.07) is 0.432. The number of carbonyl (C=O) groups is 1. The molecule has 0 aliphatic heterocycles. The van der Waals surface area contributed by atoms with E-state index in [-0.39, 0.29) is 5.91 Å². The van der Waals surface area contributed by atoms with E-state index in [1.54, 1.807) is 0 Å². The minimum atomic E-state index is 0.141. The smallest absolute Gasteiger partial charge is 0.220 e. The van der Waals surface area contributed by atoms with Crippen LogP contribution in [0.2, 0.25) is 0 Å². The Hall–Kier alpha value is -2.05. The van der Waals surface area contributed by atoms with Crippen molar-refractivity contribution in [3.05, 3.63) is 17.3 Å². The van der Waals surface area contributed by atoms with Crippen molar-refractivity contribution in [3.8, 4) is 0 Å². The lowest BCUT2D eigenvalue weighted by Crippen LogP contribution is -2.38. The Kier molecular flexibility index (Phi) is 6.43. The number of amides is 1. The molecular formula is C16H27N5O2. The van der Waals surface area contributed by atoms with E-state index in [1.807, 2.05) is 20.8 Å². The summed E-state index contributed by atoms with van der Waals surface area (Å²) in [5.41, 5.74) is 0.898. The molecule has 23 heavy (non-hydrogen) atoms. The van der Waals surface area contributed by atoms with E-state index in [9.17, 15) is 4.79 Å². The number of guanidine groups is 1. The van der Waals surface area contributed by atoms with Gasteiger partial charge in [-0.2, -0.15) is 0 Å². The highest BCUT2D eigenvalue weighted by molar-refractivity contribution is 5.80. The Labute approximate surface area is 137 Å². The number of hydrogen-bond donors (Lipinski definition) is 3. The monoisotopic (exact) mass is 321 g/mol. The summed E-state index contributed by atoms with van der Waals surface area (Å²) in [7, 11) is 0. The van der Waals surface area contributed by atoms with Crippen molar-refractivity contribution in [2.24, 2.45) is 4.99 Å². The van der Waals surface area contributed by atoms with Crippen molar-refractivity contribution in [1.82, 2.24) is 20.9 Å². The lowest BCUT2D eigenvalue weighted by molar-refractivity contribution is -0.121. The van der Waals surface area contributed by atoms with E-state index >= 15 is 0 Å². The van der Waals surface area contributed by atoms with Crippen LogP contribution in [0.4, 0.5) is 0 Å². The second kappa shape index (κ2) is 8.55. The third kappa shape index (κ3) is 6.30. The number of rotatable bonds is 8. The molecule has 1 aliphatic carbocycles. The predicted molar refractivity (Wildman–Crippen MR) is 89.2 cm³/mol. The van der Waals surface area contributed by atoms with E-state index in [0.717, 1.165) is 37.3 Å². The minimum absolute atomic E-state index is 0.141. The van der Waals surface area contributed by atoms with Crippen LogP contribution in [-0.2, 0) is 11.3 Å². The van der Waals surface area contributed by atoms with E-state index in [0.29, 0.717) is 37.4 Å². The van der Waals surface area contributed by atoms with Crippen LogP contribution in [0, 0.1) is 13.8 Å². The quantitative estimate of drug-likeness (QED) is 0.382. The molecule has 0 saturated heterocycles. The fourth-order valence-corrected chi connectivity index (χ4v) is 2.08. The van der Waals surface area contributed by atoms with Gasteiger partial charge in [0.2, 0.25) is 11.8 Å². The molecule has 0 spiro atoms. The third-order valence-electron chi connectivity index (χ3n) is 3.60. The molecule has 128 valence electrons. The van der Waals surface area contributed by atoms with Crippen LogP contribution < -0.4 is 16.0 Å². The second-order valence-corrected chi connectivity index (χ2v) is 5.82. The van der Waals surface area contributed by atoms with Crippen molar-refractivity contribution in [2.75, 3.05) is 13.1 Å². The van der Waals surface area contributed by atoms with Crippen molar-refractivity contribution in [2.45, 2.75) is 59.0 Å². The van der Waals surface area contributed by atoms with Gasteiger partial charge in [-0.25, -0.2) is 9.98 Å². The fraction of sp³-hybridized carbons (Fsp3) is 0.688. The third-order valence-corrected chi connectivity index (χ3v) is 3.60. The van der Waals surface area contributed by atoms with Gasteiger partial charge in [-0.1, -0.05) is 0 Å². The molecule has 0 bridgehead atoms. The van der Waals surface area contributed by atoms with Crippen molar-refractivity contribution in [1.29, 1.82) is 0 Å². The van der Waals surface area contributed by atoms with Crippen LogP contribution in [0.5, 0.6) is 0 Å². The van der Waals surface area contributed by atoms with Gasteiger partial charge in [-0.3, -0.25) is 4.79 Å². The molecule has 2 rings (SSSR count). The molecular weight excluding hydrogens is 294 g/mol. The van der Waals surface area contributed by atoms with E-state index in [2.05, 4.69) is 25.9 Å². The van der Waals surface area contributed by atoms with Gasteiger partial charge < -0.3 is 20.4 Å². The molecule has 1 amide bonds. The van der Waals surface area contributed by atoms with E-state index in [1.165, 1.54) is 0 Å². The molecule has 1 heterocycles. The minimum Gasteiger partial charge on any atom is -0.444 e. The number of nitrogens with one attached hydrogen (secondary N) is 3. The van der Waals surface area contributed by atoms with Crippen LogP contribution in [-0.4, -0.2) is 36.0 Å². The number of carbonyl (C=O) groups excluding carboxylic acids is 1. The number of oxazole rings is 1. The van der Waals surface area contributed by atoms with Crippen LogP contribution in [0.1, 0.15) is 50.0 Å². The van der Waals surface area contributed by atoms with Crippen LogP contribution >= 0.6 is 0 Å². The van der Waals surface area contributed by atoms with Crippen LogP contribution in [0.25, 0.3) is 0 Å². The first-order valence-electron chi connectivity index (χ1n) is 8.33. The van der Waals surface area contributed by atoms with Gasteiger partial charge in [-0.15, -0.1) is 0 Å². The maximum atomic E-state index is 11.6. The first-order chi connectivity index (χ1) is 11.1. The molecule has 0 radical (unpaired) electrons. The Morgan fingerprint density at radius 3 is 2.74 bits per heavy atom. The first kappa shape index (κ1) is 17.3. The lowest BCUT2D eigenvalue weighted by atomic mass is 10.3. The SMILES string of the molecule is CCNC(=NCc1nc(C)c(C)o1)NCCCC(=O)NC1CC1. The molecule has 1 aromatic heterocycles. The topological polar surface area (TPSA) is 91.6 Å². The van der Waals surface area contributed by atoms with Gasteiger partial charge in [0.15, 0.2) is 5.96 Å². The lowest BCUT2D eigenvalue weighted by Gasteiger charge is -2.10. The standard InChI is InChI=1S/C16H27N5O2/c1-4-17-16(19-10-15-20-11(2)12(3)23-15)18-9-5-6-14(22)21-13-7-8-13/h13H,4-10H2,1-3H3,(H,21,22)(H2,17,18,19). The number of hydrogen-bond acceptors (Lipinski definition) is 4. The van der Waals surface area contributed by atoms with E-state index < -0.39 is 0 Å². The van der Waals surface area contributed by atoms with Gasteiger partial charge in [0, 0.05) is 25.6 Å². The number of aryl methyl sites for hydroxylation is 2. The fourth-order valence-electron chi connectivity index (χ4n) is 2.08. The Balaban J connectivity index is 1.71. The summed E-state index contributed by atoms with van der Waals surface area (Å²) in [6.45, 7) is 7.70. The maximum absolute atomic E-state index is 11.6. The molecule has 0 unspecified atom stereocenters. The maximum Gasteiger partial charge on any atom is 0.220 e. The molecule has 3 N–H and O–H groups in total.